The van der Waals surface area contributed by atoms with Crippen molar-refractivity contribution >= 4 is 27.7 Å². The molecule has 0 saturated carbocycles. The molecule has 2 atom stereocenters. The highest BCUT2D eigenvalue weighted by Crippen LogP contribution is 2.25. The third kappa shape index (κ3) is 2.69. The zero-order chi connectivity index (χ0) is 18.4. The Labute approximate surface area is 152 Å². The van der Waals surface area contributed by atoms with Crippen LogP contribution in [0.4, 0.5) is 0 Å². The molecule has 1 aliphatic rings. The molecule has 4 rings (SSSR count). The van der Waals surface area contributed by atoms with Gasteiger partial charge in [0.1, 0.15) is 12.1 Å². The van der Waals surface area contributed by atoms with E-state index in [-0.39, 0.29) is 18.0 Å². The van der Waals surface area contributed by atoms with Crippen LogP contribution in [-0.2, 0) is 18.4 Å². The second-order valence-electron chi connectivity index (χ2n) is 7.69. The summed E-state index contributed by atoms with van der Waals surface area (Å²) in [5.74, 6) is 0.956. The Morgan fingerprint density at radius 1 is 1.15 bits per heavy atom. The maximum Gasteiger partial charge on any atom is 0.291 e. The lowest BCUT2D eigenvalue weighted by atomic mass is 9.92. The van der Waals surface area contributed by atoms with E-state index in [2.05, 4.69) is 18.9 Å². The van der Waals surface area contributed by atoms with Crippen LogP contribution in [0, 0.1) is 11.8 Å². The summed E-state index contributed by atoms with van der Waals surface area (Å²) in [6, 6.07) is 7.89. The summed E-state index contributed by atoms with van der Waals surface area (Å²) >= 11 is 0. The molecule has 1 amide bonds. The minimum absolute atomic E-state index is 0.00423. The van der Waals surface area contributed by atoms with Crippen molar-refractivity contribution < 1.29 is 4.79 Å². The number of fused-ring (bicyclic) bond motifs is 3. The Bertz CT molecular complexity index is 1040. The van der Waals surface area contributed by atoms with Gasteiger partial charge in [-0.1, -0.05) is 32.0 Å². The molecule has 136 valence electrons. The zero-order valence-electron chi connectivity index (χ0n) is 15.5. The number of carbonyl (C=O) groups is 1. The number of rotatable bonds is 2. The van der Waals surface area contributed by atoms with Crippen LogP contribution >= 0.6 is 0 Å². The van der Waals surface area contributed by atoms with Gasteiger partial charge in [-0.3, -0.25) is 9.59 Å². The molecule has 1 saturated heterocycles. The molecule has 0 bridgehead atoms. The number of carbonyl (C=O) groups excluding carboxylic acids is 1. The average molecular weight is 352 g/mol. The monoisotopic (exact) mass is 352 g/mol. The Kier molecular flexibility index (Phi) is 4.05. The van der Waals surface area contributed by atoms with E-state index in [4.69, 9.17) is 0 Å². The van der Waals surface area contributed by atoms with Gasteiger partial charge in [-0.25, -0.2) is 4.68 Å². The van der Waals surface area contributed by atoms with E-state index in [0.29, 0.717) is 17.4 Å². The van der Waals surface area contributed by atoms with Crippen molar-refractivity contribution in [3.63, 3.8) is 0 Å². The summed E-state index contributed by atoms with van der Waals surface area (Å²) in [4.78, 5) is 27.6. The van der Waals surface area contributed by atoms with Gasteiger partial charge in [0.05, 0.1) is 6.20 Å². The minimum Gasteiger partial charge on any atom is -0.341 e. The van der Waals surface area contributed by atoms with Crippen LogP contribution in [0.15, 0.2) is 35.3 Å². The smallest absolute Gasteiger partial charge is 0.291 e. The number of benzene rings is 1. The van der Waals surface area contributed by atoms with Crippen LogP contribution in [0.25, 0.3) is 21.8 Å². The Hall–Kier alpha value is -2.63. The third-order valence-electron chi connectivity index (χ3n) is 5.42. The maximum absolute atomic E-state index is 13.0. The fraction of sp³-hybridized carbons (Fsp3) is 0.450. The molecule has 1 aromatic carbocycles. The highest BCUT2D eigenvalue weighted by Gasteiger charge is 2.26. The topological polar surface area (TPSA) is 60.1 Å². The van der Waals surface area contributed by atoms with E-state index in [1.54, 1.807) is 6.20 Å². The second-order valence-corrected chi connectivity index (χ2v) is 7.69. The van der Waals surface area contributed by atoms with Gasteiger partial charge in [-0.15, -0.1) is 0 Å². The van der Waals surface area contributed by atoms with Gasteiger partial charge in [0.15, 0.2) is 0 Å². The number of hydrogen-bond donors (Lipinski definition) is 0. The van der Waals surface area contributed by atoms with Crippen molar-refractivity contribution in [2.24, 2.45) is 18.9 Å². The van der Waals surface area contributed by atoms with E-state index in [1.165, 1.54) is 4.68 Å². The van der Waals surface area contributed by atoms with E-state index in [1.807, 2.05) is 40.8 Å². The van der Waals surface area contributed by atoms with Crippen LogP contribution in [0.5, 0.6) is 0 Å². The highest BCUT2D eigenvalue weighted by atomic mass is 16.2. The quantitative estimate of drug-likeness (QED) is 0.711. The first-order chi connectivity index (χ1) is 12.5. The van der Waals surface area contributed by atoms with Crippen LogP contribution in [0.1, 0.15) is 20.3 Å². The van der Waals surface area contributed by atoms with Crippen LogP contribution < -0.4 is 5.56 Å². The lowest BCUT2D eigenvalue weighted by Gasteiger charge is -2.35. The fourth-order valence-corrected chi connectivity index (χ4v) is 4.32. The highest BCUT2D eigenvalue weighted by molar-refractivity contribution is 6.07. The summed E-state index contributed by atoms with van der Waals surface area (Å²) in [7, 11) is 1.88. The Morgan fingerprint density at radius 3 is 2.58 bits per heavy atom. The number of para-hydroxylation sites is 1. The number of aromatic nitrogens is 3. The Balaban J connectivity index is 1.70. The summed E-state index contributed by atoms with van der Waals surface area (Å²) in [6.45, 7) is 5.85. The SMILES string of the molecule is CC1CC(C)CN(C(=O)Cn2ncc3c4ccccc4n(C)c3c2=O)C1. The molecular weight excluding hydrogens is 328 g/mol. The number of likely N-dealkylation sites (tertiary alicyclic amines) is 1. The van der Waals surface area contributed by atoms with E-state index in [0.717, 1.165) is 35.8 Å². The predicted octanol–water partition coefficient (Wildman–Crippen LogP) is 2.39. The van der Waals surface area contributed by atoms with Gasteiger partial charge in [-0.2, -0.15) is 5.10 Å². The van der Waals surface area contributed by atoms with Crippen molar-refractivity contribution in [3.05, 3.63) is 40.8 Å². The molecule has 0 N–H and O–H groups in total. The van der Waals surface area contributed by atoms with Gasteiger partial charge in [0.25, 0.3) is 5.56 Å². The molecule has 0 aliphatic carbocycles. The zero-order valence-corrected chi connectivity index (χ0v) is 15.5. The second kappa shape index (κ2) is 6.27. The summed E-state index contributed by atoms with van der Waals surface area (Å²) in [5, 5.41) is 6.12. The van der Waals surface area contributed by atoms with Gasteiger partial charge >= 0.3 is 0 Å². The number of amides is 1. The van der Waals surface area contributed by atoms with Crippen LogP contribution in [0.3, 0.4) is 0 Å². The third-order valence-corrected chi connectivity index (χ3v) is 5.42. The fourth-order valence-electron chi connectivity index (χ4n) is 4.32. The minimum atomic E-state index is -0.215. The lowest BCUT2D eigenvalue weighted by Crippen LogP contribution is -2.45. The van der Waals surface area contributed by atoms with Crippen molar-refractivity contribution in [2.75, 3.05) is 13.1 Å². The average Bonchev–Trinajstić information content (AvgIpc) is 2.90. The molecule has 6 heteroatoms. The van der Waals surface area contributed by atoms with Crippen LogP contribution in [-0.4, -0.2) is 38.2 Å². The predicted molar refractivity (Wildman–Crippen MR) is 102 cm³/mol. The summed E-state index contributed by atoms with van der Waals surface area (Å²) < 4.78 is 3.19. The molecule has 26 heavy (non-hydrogen) atoms. The molecule has 1 fully saturated rings. The first-order valence-electron chi connectivity index (χ1n) is 9.16. The first-order valence-corrected chi connectivity index (χ1v) is 9.16. The van der Waals surface area contributed by atoms with Crippen molar-refractivity contribution in [2.45, 2.75) is 26.8 Å². The van der Waals surface area contributed by atoms with Crippen molar-refractivity contribution in [1.82, 2.24) is 19.2 Å². The summed E-state index contributed by atoms with van der Waals surface area (Å²) in [5.41, 5.74) is 1.37. The van der Waals surface area contributed by atoms with Crippen molar-refractivity contribution in [3.8, 4) is 0 Å². The molecule has 3 heterocycles. The normalized spacial score (nSPS) is 20.8. The van der Waals surface area contributed by atoms with Gasteiger partial charge in [0.2, 0.25) is 5.91 Å². The molecule has 2 unspecified atom stereocenters. The van der Waals surface area contributed by atoms with E-state index >= 15 is 0 Å². The first kappa shape index (κ1) is 16.8. The number of hydrogen-bond acceptors (Lipinski definition) is 3. The molecule has 2 aromatic heterocycles. The molecule has 0 radical (unpaired) electrons. The molecule has 0 spiro atoms. The molecular formula is C20H24N4O2. The largest absolute Gasteiger partial charge is 0.341 e. The maximum atomic E-state index is 13.0. The van der Waals surface area contributed by atoms with Gasteiger partial charge < -0.3 is 9.47 Å². The summed E-state index contributed by atoms with van der Waals surface area (Å²) in [6.07, 6.45) is 2.84. The van der Waals surface area contributed by atoms with Crippen molar-refractivity contribution in [1.29, 1.82) is 0 Å². The lowest BCUT2D eigenvalue weighted by molar-refractivity contribution is -0.134. The van der Waals surface area contributed by atoms with Crippen LogP contribution in [0.2, 0.25) is 0 Å². The van der Waals surface area contributed by atoms with E-state index in [9.17, 15) is 9.59 Å². The van der Waals surface area contributed by atoms with Gasteiger partial charge in [-0.05, 0) is 24.3 Å². The van der Waals surface area contributed by atoms with Gasteiger partial charge in [0, 0.05) is 36.4 Å². The Morgan fingerprint density at radius 2 is 1.85 bits per heavy atom. The standard InChI is InChI=1S/C20H24N4O2/c1-13-8-14(2)11-23(10-13)18(25)12-24-20(26)19-16(9-21-24)15-6-4-5-7-17(15)22(19)3/h4-7,9,13-14H,8,10-12H2,1-3H3. The number of nitrogens with zero attached hydrogens (tertiary/aromatic N) is 4. The molecule has 3 aromatic rings. The number of piperidine rings is 1. The van der Waals surface area contributed by atoms with E-state index < -0.39 is 0 Å². The molecule has 6 nitrogen and oxygen atoms in total. The molecule has 1 aliphatic heterocycles. The number of aryl methyl sites for hydroxylation is 1.